The van der Waals surface area contributed by atoms with Crippen molar-refractivity contribution in [3.63, 3.8) is 0 Å². The topological polar surface area (TPSA) is 80.8 Å². The molecule has 2 aliphatic carbocycles. The Morgan fingerprint density at radius 2 is 2.10 bits per heavy atom. The summed E-state index contributed by atoms with van der Waals surface area (Å²) in [5.74, 6) is -4.46. The lowest BCUT2D eigenvalue weighted by Crippen LogP contribution is -2.21. The van der Waals surface area contributed by atoms with Gasteiger partial charge in [0.05, 0.1) is 0 Å². The van der Waals surface area contributed by atoms with Gasteiger partial charge in [0.15, 0.2) is 5.69 Å². The zero-order valence-corrected chi connectivity index (χ0v) is 10.2. The molecular weight excluding hydrogens is 270 g/mol. The van der Waals surface area contributed by atoms with Crippen LogP contribution < -0.4 is 0 Å². The lowest BCUT2D eigenvalue weighted by atomic mass is 10.2. The predicted molar refractivity (Wildman–Crippen MR) is 62.0 cm³/mol. The second kappa shape index (κ2) is 3.71. The maximum absolute atomic E-state index is 13.1. The Morgan fingerprint density at radius 3 is 2.85 bits per heavy atom. The van der Waals surface area contributed by atoms with Crippen LogP contribution in [-0.4, -0.2) is 38.4 Å². The number of halogens is 2. The molecule has 0 aliphatic heterocycles. The number of hydrogen-bond acceptors (Lipinski definition) is 5. The Labute approximate surface area is 111 Å². The fourth-order valence-corrected chi connectivity index (χ4v) is 2.99. The average Bonchev–Trinajstić information content (AvgIpc) is 2.89. The van der Waals surface area contributed by atoms with Crippen LogP contribution in [0.25, 0.3) is 11.0 Å². The highest BCUT2D eigenvalue weighted by molar-refractivity contribution is 5.99. The molecule has 2 atom stereocenters. The quantitative estimate of drug-likeness (QED) is 0.844. The third kappa shape index (κ3) is 1.53. The van der Waals surface area contributed by atoms with Gasteiger partial charge in [-0.2, -0.15) is 15.4 Å². The number of carbonyl (C=O) groups is 1. The van der Waals surface area contributed by atoms with Gasteiger partial charge in [-0.25, -0.2) is 18.6 Å². The smallest absolute Gasteiger partial charge is 0.359 e. The van der Waals surface area contributed by atoms with Crippen molar-refractivity contribution in [2.24, 2.45) is 11.8 Å². The molecule has 0 amide bonds. The number of hydrogen-bond donors (Lipinski definition) is 1. The number of rotatable bonds is 2. The first kappa shape index (κ1) is 11.7. The van der Waals surface area contributed by atoms with Crippen LogP contribution in [0.4, 0.5) is 8.78 Å². The summed E-state index contributed by atoms with van der Waals surface area (Å²) < 4.78 is 31.4. The number of fused-ring (bicyclic) bond motifs is 2. The zero-order chi connectivity index (χ0) is 13.9. The van der Waals surface area contributed by atoms with Crippen LogP contribution in [0.5, 0.6) is 0 Å². The molecule has 2 aliphatic rings. The van der Waals surface area contributed by atoms with Crippen LogP contribution in [0.2, 0.25) is 0 Å². The van der Waals surface area contributed by atoms with Crippen LogP contribution in [0, 0.1) is 11.8 Å². The van der Waals surface area contributed by atoms with Gasteiger partial charge in [0.1, 0.15) is 17.1 Å². The summed E-state index contributed by atoms with van der Waals surface area (Å²) in [4.78, 5) is 16.0. The molecule has 2 saturated carbocycles. The molecule has 0 radical (unpaired) electrons. The predicted octanol–water partition coefficient (Wildman–Crippen LogP) is 1.55. The molecule has 1 N–H and O–H groups in total. The summed E-state index contributed by atoms with van der Waals surface area (Å²) in [7, 11) is 0. The number of aromatic nitrogens is 4. The minimum atomic E-state index is -2.56. The highest BCUT2D eigenvalue weighted by Crippen LogP contribution is 2.64. The van der Waals surface area contributed by atoms with E-state index in [0.717, 1.165) is 0 Å². The first-order chi connectivity index (χ1) is 9.57. The van der Waals surface area contributed by atoms with Gasteiger partial charge in [-0.1, -0.05) is 0 Å². The van der Waals surface area contributed by atoms with E-state index >= 15 is 0 Å². The SMILES string of the molecule is O=C(OC1CC2C(C1)C2(F)F)c1nccc2n[nH]nc12. The summed E-state index contributed by atoms with van der Waals surface area (Å²) in [5, 5.41) is 10.1. The van der Waals surface area contributed by atoms with Crippen molar-refractivity contribution in [1.82, 2.24) is 20.4 Å². The van der Waals surface area contributed by atoms with Gasteiger partial charge >= 0.3 is 5.97 Å². The van der Waals surface area contributed by atoms with E-state index in [1.807, 2.05) is 0 Å². The first-order valence-electron chi connectivity index (χ1n) is 6.31. The molecule has 0 bridgehead atoms. The van der Waals surface area contributed by atoms with E-state index in [1.165, 1.54) is 6.20 Å². The van der Waals surface area contributed by atoms with Crippen molar-refractivity contribution in [3.8, 4) is 0 Å². The third-order valence-corrected chi connectivity index (χ3v) is 4.10. The van der Waals surface area contributed by atoms with E-state index in [-0.39, 0.29) is 18.5 Å². The van der Waals surface area contributed by atoms with Crippen molar-refractivity contribution in [2.75, 3.05) is 0 Å². The fraction of sp³-hybridized carbons (Fsp3) is 0.500. The van der Waals surface area contributed by atoms with Crippen LogP contribution >= 0.6 is 0 Å². The van der Waals surface area contributed by atoms with Crippen LogP contribution in [-0.2, 0) is 4.74 Å². The Balaban J connectivity index is 1.50. The van der Waals surface area contributed by atoms with Crippen molar-refractivity contribution in [1.29, 1.82) is 0 Å². The van der Waals surface area contributed by atoms with E-state index in [1.54, 1.807) is 6.07 Å². The fourth-order valence-electron chi connectivity index (χ4n) is 2.99. The number of carbonyl (C=O) groups excluding carboxylic acids is 1. The van der Waals surface area contributed by atoms with Crippen LogP contribution in [0.15, 0.2) is 12.3 Å². The highest BCUT2D eigenvalue weighted by atomic mass is 19.3. The maximum Gasteiger partial charge on any atom is 0.359 e. The van der Waals surface area contributed by atoms with E-state index in [4.69, 9.17) is 4.74 Å². The number of pyridine rings is 1. The van der Waals surface area contributed by atoms with Crippen molar-refractivity contribution < 1.29 is 18.3 Å². The molecule has 2 aromatic rings. The van der Waals surface area contributed by atoms with Gasteiger partial charge < -0.3 is 4.74 Å². The summed E-state index contributed by atoms with van der Waals surface area (Å²) in [5.41, 5.74) is 0.891. The van der Waals surface area contributed by atoms with Gasteiger partial charge in [0.25, 0.3) is 5.92 Å². The molecule has 0 saturated heterocycles. The van der Waals surface area contributed by atoms with Gasteiger partial charge in [-0.15, -0.1) is 0 Å². The Hall–Kier alpha value is -2.12. The van der Waals surface area contributed by atoms with Crippen molar-refractivity contribution in [3.05, 3.63) is 18.0 Å². The number of nitrogens with zero attached hydrogens (tertiary/aromatic N) is 3. The molecule has 4 rings (SSSR count). The van der Waals surface area contributed by atoms with E-state index in [2.05, 4.69) is 20.4 Å². The number of H-pyrrole nitrogens is 1. The molecule has 2 heterocycles. The molecular formula is C12H10F2N4O2. The standard InChI is InChI=1S/C12H10F2N4O2/c13-12(14)6-3-5(4-7(6)12)20-11(19)10-9-8(1-2-15-10)16-18-17-9/h1-2,5-7H,3-4H2,(H,16,17,18). The highest BCUT2D eigenvalue weighted by Gasteiger charge is 2.72. The van der Waals surface area contributed by atoms with E-state index in [0.29, 0.717) is 11.0 Å². The molecule has 2 unspecified atom stereocenters. The Kier molecular flexibility index (Phi) is 2.17. The summed E-state index contributed by atoms with van der Waals surface area (Å²) in [6.45, 7) is 0. The number of esters is 1. The molecule has 0 aromatic carbocycles. The van der Waals surface area contributed by atoms with Gasteiger partial charge in [-0.05, 0) is 18.9 Å². The van der Waals surface area contributed by atoms with Crippen LogP contribution in [0.3, 0.4) is 0 Å². The van der Waals surface area contributed by atoms with Crippen molar-refractivity contribution >= 4 is 17.0 Å². The molecule has 20 heavy (non-hydrogen) atoms. The summed E-state index contributed by atoms with van der Waals surface area (Å²) in [6, 6.07) is 1.61. The molecule has 2 fully saturated rings. The maximum atomic E-state index is 13.1. The summed E-state index contributed by atoms with van der Waals surface area (Å²) >= 11 is 0. The molecule has 6 nitrogen and oxygen atoms in total. The third-order valence-electron chi connectivity index (χ3n) is 4.10. The number of aromatic amines is 1. The first-order valence-corrected chi connectivity index (χ1v) is 6.31. The number of nitrogens with one attached hydrogen (secondary N) is 1. The van der Waals surface area contributed by atoms with Gasteiger partial charge in [0.2, 0.25) is 0 Å². The van der Waals surface area contributed by atoms with Crippen LogP contribution in [0.1, 0.15) is 23.3 Å². The monoisotopic (exact) mass is 280 g/mol. The molecule has 0 spiro atoms. The summed E-state index contributed by atoms with van der Waals surface area (Å²) in [6.07, 6.45) is 1.42. The zero-order valence-electron chi connectivity index (χ0n) is 10.2. The number of ether oxygens (including phenoxy) is 1. The second-order valence-electron chi connectivity index (χ2n) is 5.24. The lowest BCUT2D eigenvalue weighted by Gasteiger charge is -2.14. The Morgan fingerprint density at radius 1 is 1.35 bits per heavy atom. The molecule has 8 heteroatoms. The molecule has 104 valence electrons. The largest absolute Gasteiger partial charge is 0.458 e. The molecule has 2 aromatic heterocycles. The minimum Gasteiger partial charge on any atom is -0.458 e. The van der Waals surface area contributed by atoms with E-state index in [9.17, 15) is 13.6 Å². The van der Waals surface area contributed by atoms with Crippen molar-refractivity contribution in [2.45, 2.75) is 24.9 Å². The number of alkyl halides is 2. The van der Waals surface area contributed by atoms with Gasteiger partial charge in [-0.3, -0.25) is 0 Å². The second-order valence-corrected chi connectivity index (χ2v) is 5.24. The van der Waals surface area contributed by atoms with E-state index < -0.39 is 29.8 Å². The lowest BCUT2D eigenvalue weighted by molar-refractivity contribution is 0.00698. The Bertz CT molecular complexity index is 688. The minimum absolute atomic E-state index is 0.0589. The average molecular weight is 280 g/mol. The normalized spacial score (nSPS) is 30.2. The van der Waals surface area contributed by atoms with Gasteiger partial charge in [0, 0.05) is 18.0 Å².